The molecule has 2 aromatic heterocycles. The van der Waals surface area contributed by atoms with Crippen molar-refractivity contribution in [2.45, 2.75) is 26.3 Å². The number of anilines is 1. The lowest BCUT2D eigenvalue weighted by atomic mass is 10.0. The average Bonchev–Trinajstić information content (AvgIpc) is 2.99. The van der Waals surface area contributed by atoms with Gasteiger partial charge < -0.3 is 5.32 Å². The van der Waals surface area contributed by atoms with Crippen molar-refractivity contribution < 1.29 is 4.79 Å². The van der Waals surface area contributed by atoms with Crippen molar-refractivity contribution in [3.63, 3.8) is 0 Å². The molecule has 0 aliphatic carbocycles. The number of amides is 1. The van der Waals surface area contributed by atoms with Gasteiger partial charge in [-0.25, -0.2) is 4.98 Å². The zero-order chi connectivity index (χ0) is 16.4. The molecule has 0 unspecified atom stereocenters. The van der Waals surface area contributed by atoms with Gasteiger partial charge >= 0.3 is 0 Å². The first-order valence-corrected chi connectivity index (χ1v) is 8.25. The summed E-state index contributed by atoms with van der Waals surface area (Å²) in [7, 11) is 0. The SMILES string of the molecule is CC(C)c1cccc(NC(=O)Cn2cnc3ccsc3c2=O)c1. The minimum absolute atomic E-state index is 0.0500. The van der Waals surface area contributed by atoms with E-state index in [-0.39, 0.29) is 18.0 Å². The summed E-state index contributed by atoms with van der Waals surface area (Å²) in [5.41, 5.74) is 2.37. The predicted molar refractivity (Wildman–Crippen MR) is 93.0 cm³/mol. The van der Waals surface area contributed by atoms with E-state index in [2.05, 4.69) is 24.1 Å². The van der Waals surface area contributed by atoms with E-state index in [0.29, 0.717) is 16.1 Å². The summed E-state index contributed by atoms with van der Waals surface area (Å²) in [4.78, 5) is 28.7. The molecule has 0 aliphatic heterocycles. The summed E-state index contributed by atoms with van der Waals surface area (Å²) < 4.78 is 1.91. The molecular weight excluding hydrogens is 310 g/mol. The van der Waals surface area contributed by atoms with E-state index < -0.39 is 0 Å². The van der Waals surface area contributed by atoms with Gasteiger partial charge in [0.2, 0.25) is 5.91 Å². The van der Waals surface area contributed by atoms with Crippen molar-refractivity contribution >= 4 is 33.1 Å². The highest BCUT2D eigenvalue weighted by Crippen LogP contribution is 2.18. The Kier molecular flexibility index (Phi) is 4.25. The average molecular weight is 327 g/mol. The number of hydrogen-bond donors (Lipinski definition) is 1. The van der Waals surface area contributed by atoms with E-state index in [9.17, 15) is 9.59 Å². The summed E-state index contributed by atoms with van der Waals surface area (Å²) in [5.74, 6) is 0.144. The Morgan fingerprint density at radius 2 is 2.17 bits per heavy atom. The molecule has 1 aromatic carbocycles. The molecule has 0 fully saturated rings. The van der Waals surface area contributed by atoms with Crippen molar-refractivity contribution in [1.82, 2.24) is 9.55 Å². The molecule has 1 N–H and O–H groups in total. The second-order valence-electron chi connectivity index (χ2n) is 5.64. The molecule has 1 amide bonds. The summed E-state index contributed by atoms with van der Waals surface area (Å²) in [6, 6.07) is 9.53. The zero-order valence-electron chi connectivity index (χ0n) is 12.9. The third-order valence-electron chi connectivity index (χ3n) is 3.59. The maximum absolute atomic E-state index is 12.3. The molecule has 3 rings (SSSR count). The Bertz CT molecular complexity index is 911. The maximum atomic E-state index is 12.3. The molecule has 2 heterocycles. The Balaban J connectivity index is 1.77. The van der Waals surface area contributed by atoms with Crippen molar-refractivity contribution in [1.29, 1.82) is 0 Å². The molecule has 0 saturated carbocycles. The highest BCUT2D eigenvalue weighted by molar-refractivity contribution is 7.17. The van der Waals surface area contributed by atoms with Crippen molar-refractivity contribution in [2.75, 3.05) is 5.32 Å². The zero-order valence-corrected chi connectivity index (χ0v) is 13.8. The number of nitrogens with one attached hydrogen (secondary N) is 1. The first-order chi connectivity index (χ1) is 11.0. The third kappa shape index (κ3) is 3.32. The smallest absolute Gasteiger partial charge is 0.271 e. The monoisotopic (exact) mass is 327 g/mol. The number of aromatic nitrogens is 2. The molecule has 0 atom stereocenters. The van der Waals surface area contributed by atoms with Crippen LogP contribution in [0.25, 0.3) is 10.2 Å². The van der Waals surface area contributed by atoms with E-state index in [1.54, 1.807) is 6.07 Å². The van der Waals surface area contributed by atoms with Crippen LogP contribution in [0.2, 0.25) is 0 Å². The lowest BCUT2D eigenvalue weighted by molar-refractivity contribution is -0.116. The minimum Gasteiger partial charge on any atom is -0.325 e. The molecule has 0 spiro atoms. The van der Waals surface area contributed by atoms with Crippen LogP contribution in [-0.2, 0) is 11.3 Å². The molecule has 3 aromatic rings. The van der Waals surface area contributed by atoms with Gasteiger partial charge in [0.05, 0.1) is 11.8 Å². The quantitative estimate of drug-likeness (QED) is 0.800. The van der Waals surface area contributed by atoms with Crippen LogP contribution in [0.3, 0.4) is 0 Å². The number of nitrogens with zero attached hydrogens (tertiary/aromatic N) is 2. The minimum atomic E-state index is -0.245. The van der Waals surface area contributed by atoms with Gasteiger partial charge in [-0.1, -0.05) is 26.0 Å². The van der Waals surface area contributed by atoms with Gasteiger partial charge in [0.25, 0.3) is 5.56 Å². The third-order valence-corrected chi connectivity index (χ3v) is 4.48. The summed E-state index contributed by atoms with van der Waals surface area (Å²) in [6.45, 7) is 4.15. The van der Waals surface area contributed by atoms with Crippen LogP contribution in [0.4, 0.5) is 5.69 Å². The highest BCUT2D eigenvalue weighted by Gasteiger charge is 2.10. The predicted octanol–water partition coefficient (Wildman–Crippen LogP) is 3.22. The molecule has 0 bridgehead atoms. The summed E-state index contributed by atoms with van der Waals surface area (Å²) >= 11 is 1.34. The number of hydrogen-bond acceptors (Lipinski definition) is 4. The number of carbonyl (C=O) groups is 1. The first kappa shape index (κ1) is 15.4. The molecule has 0 aliphatic rings. The number of benzene rings is 1. The Morgan fingerprint density at radius 3 is 2.96 bits per heavy atom. The van der Waals surface area contributed by atoms with Crippen LogP contribution in [0.5, 0.6) is 0 Å². The number of thiophene rings is 1. The van der Waals surface area contributed by atoms with Gasteiger partial charge in [0.15, 0.2) is 0 Å². The van der Waals surface area contributed by atoms with E-state index in [1.165, 1.54) is 22.2 Å². The van der Waals surface area contributed by atoms with Gasteiger partial charge in [-0.15, -0.1) is 11.3 Å². The second-order valence-corrected chi connectivity index (χ2v) is 6.56. The summed E-state index contributed by atoms with van der Waals surface area (Å²) in [6.07, 6.45) is 1.42. The van der Waals surface area contributed by atoms with Crippen molar-refractivity contribution in [3.05, 3.63) is 58.0 Å². The van der Waals surface area contributed by atoms with Gasteiger partial charge in [-0.2, -0.15) is 0 Å². The largest absolute Gasteiger partial charge is 0.325 e. The van der Waals surface area contributed by atoms with Crippen molar-refractivity contribution in [2.24, 2.45) is 0 Å². The Labute approximate surface area is 137 Å². The maximum Gasteiger partial charge on any atom is 0.271 e. The van der Waals surface area contributed by atoms with E-state index >= 15 is 0 Å². The fourth-order valence-corrected chi connectivity index (χ4v) is 3.11. The van der Waals surface area contributed by atoms with Crippen LogP contribution in [0.1, 0.15) is 25.3 Å². The summed E-state index contributed by atoms with van der Waals surface area (Å²) in [5, 5.41) is 4.65. The molecule has 23 heavy (non-hydrogen) atoms. The van der Waals surface area contributed by atoms with E-state index in [0.717, 1.165) is 11.3 Å². The first-order valence-electron chi connectivity index (χ1n) is 7.37. The lowest BCUT2D eigenvalue weighted by Crippen LogP contribution is -2.27. The fraction of sp³-hybridized carbons (Fsp3) is 0.235. The van der Waals surface area contributed by atoms with Gasteiger partial charge in [-0.05, 0) is 35.1 Å². The molecule has 118 valence electrons. The fourth-order valence-electron chi connectivity index (χ4n) is 2.32. The Morgan fingerprint density at radius 1 is 1.35 bits per heavy atom. The van der Waals surface area contributed by atoms with E-state index in [1.807, 2.05) is 29.6 Å². The number of rotatable bonds is 4. The molecule has 6 heteroatoms. The van der Waals surface area contributed by atoms with Crippen LogP contribution in [0.15, 0.2) is 46.8 Å². The van der Waals surface area contributed by atoms with Gasteiger partial charge in [0.1, 0.15) is 11.2 Å². The highest BCUT2D eigenvalue weighted by atomic mass is 32.1. The standard InChI is InChI=1S/C17H17N3O2S/c1-11(2)12-4-3-5-13(8-12)19-15(21)9-20-10-18-14-6-7-23-16(14)17(20)22/h3-8,10-11H,9H2,1-2H3,(H,19,21). The normalized spacial score (nSPS) is 11.1. The molecule has 0 radical (unpaired) electrons. The van der Waals surface area contributed by atoms with Crippen LogP contribution in [0, 0.1) is 0 Å². The lowest BCUT2D eigenvalue weighted by Gasteiger charge is -2.10. The second kappa shape index (κ2) is 6.34. The molecule has 5 nitrogen and oxygen atoms in total. The van der Waals surface area contributed by atoms with Crippen LogP contribution < -0.4 is 10.9 Å². The van der Waals surface area contributed by atoms with E-state index in [4.69, 9.17) is 0 Å². The Hall–Kier alpha value is -2.47. The van der Waals surface area contributed by atoms with Crippen molar-refractivity contribution in [3.8, 4) is 0 Å². The van der Waals surface area contributed by atoms with Crippen LogP contribution in [-0.4, -0.2) is 15.5 Å². The topological polar surface area (TPSA) is 64.0 Å². The number of carbonyl (C=O) groups excluding carboxylic acids is 1. The van der Waals surface area contributed by atoms with Gasteiger partial charge in [0, 0.05) is 5.69 Å². The van der Waals surface area contributed by atoms with Crippen LogP contribution >= 0.6 is 11.3 Å². The van der Waals surface area contributed by atoms with Gasteiger partial charge in [-0.3, -0.25) is 14.2 Å². The number of fused-ring (bicyclic) bond motifs is 1. The molecular formula is C17H17N3O2S. The molecule has 0 saturated heterocycles.